The van der Waals surface area contributed by atoms with Crippen LogP contribution in [0.1, 0.15) is 12.0 Å². The van der Waals surface area contributed by atoms with Crippen LogP contribution < -0.4 is 15.8 Å². The van der Waals surface area contributed by atoms with Crippen molar-refractivity contribution >= 4 is 11.6 Å². The molecular weight excluding hydrogens is 271 g/mol. The van der Waals surface area contributed by atoms with E-state index < -0.39 is 0 Å². The van der Waals surface area contributed by atoms with Crippen molar-refractivity contribution in [1.82, 2.24) is 5.32 Å². The number of benzene rings is 2. The second kappa shape index (κ2) is 7.28. The number of nitrogens with one attached hydrogen (secondary N) is 1. The Kier molecular flexibility index (Phi) is 5.15. The van der Waals surface area contributed by atoms with Crippen LogP contribution >= 0.6 is 0 Å². The molecule has 0 aromatic heterocycles. The topological polar surface area (TPSA) is 64.3 Å². The third kappa shape index (κ3) is 4.49. The van der Waals surface area contributed by atoms with Gasteiger partial charge in [0.1, 0.15) is 11.6 Å². The molecule has 1 amide bonds. The van der Waals surface area contributed by atoms with Crippen molar-refractivity contribution in [3.05, 3.63) is 59.9 Å². The Morgan fingerprint density at radius 3 is 2.62 bits per heavy atom. The van der Waals surface area contributed by atoms with Crippen LogP contribution in [0.5, 0.6) is 5.75 Å². The van der Waals surface area contributed by atoms with Crippen LogP contribution in [-0.2, 0) is 11.3 Å². The Balaban J connectivity index is 1.73. The summed E-state index contributed by atoms with van der Waals surface area (Å²) in [5, 5.41) is 2.65. The Labute approximate surface area is 122 Å². The summed E-state index contributed by atoms with van der Waals surface area (Å²) in [7, 11) is 0. The van der Waals surface area contributed by atoms with Gasteiger partial charge in [-0.3, -0.25) is 4.79 Å². The van der Waals surface area contributed by atoms with Gasteiger partial charge in [0.05, 0.1) is 18.7 Å². The van der Waals surface area contributed by atoms with Crippen LogP contribution in [0.25, 0.3) is 0 Å². The smallest absolute Gasteiger partial charge is 0.223 e. The molecule has 0 saturated heterocycles. The summed E-state index contributed by atoms with van der Waals surface area (Å²) in [6, 6.07) is 13.4. The van der Waals surface area contributed by atoms with Crippen LogP contribution in [0.2, 0.25) is 0 Å². The maximum absolute atomic E-state index is 13.4. The summed E-state index contributed by atoms with van der Waals surface area (Å²) < 4.78 is 18.8. The van der Waals surface area contributed by atoms with Gasteiger partial charge < -0.3 is 15.8 Å². The molecule has 0 heterocycles. The highest BCUT2D eigenvalue weighted by molar-refractivity contribution is 5.76. The van der Waals surface area contributed by atoms with Gasteiger partial charge in [-0.15, -0.1) is 0 Å². The zero-order valence-corrected chi connectivity index (χ0v) is 11.5. The first kappa shape index (κ1) is 14.8. The molecule has 0 aliphatic heterocycles. The van der Waals surface area contributed by atoms with E-state index >= 15 is 0 Å². The normalized spacial score (nSPS) is 10.1. The van der Waals surface area contributed by atoms with E-state index in [0.29, 0.717) is 17.0 Å². The molecular formula is C16H17FN2O2. The molecule has 0 fully saturated rings. The fraction of sp³-hybridized carbons (Fsp3) is 0.188. The van der Waals surface area contributed by atoms with Crippen molar-refractivity contribution in [2.75, 3.05) is 12.3 Å². The third-order valence-electron chi connectivity index (χ3n) is 2.94. The van der Waals surface area contributed by atoms with Crippen molar-refractivity contribution in [1.29, 1.82) is 0 Å². The fourth-order valence-electron chi connectivity index (χ4n) is 1.79. The average molecular weight is 288 g/mol. The Bertz CT molecular complexity index is 617. The maximum atomic E-state index is 13.4. The molecule has 0 aliphatic carbocycles. The van der Waals surface area contributed by atoms with Crippen LogP contribution in [0.4, 0.5) is 10.1 Å². The fourth-order valence-corrected chi connectivity index (χ4v) is 1.79. The zero-order valence-electron chi connectivity index (χ0n) is 11.5. The molecule has 4 nitrogen and oxygen atoms in total. The quantitative estimate of drug-likeness (QED) is 0.803. The molecule has 0 unspecified atom stereocenters. The summed E-state index contributed by atoms with van der Waals surface area (Å²) in [5.74, 6) is 0.0262. The first-order chi connectivity index (χ1) is 10.2. The number of nitrogens with two attached hydrogens (primary N) is 1. The number of halogens is 1. The van der Waals surface area contributed by atoms with Gasteiger partial charge in [0.15, 0.2) is 0 Å². The molecule has 110 valence electrons. The van der Waals surface area contributed by atoms with Crippen LogP contribution in [0.15, 0.2) is 48.5 Å². The summed E-state index contributed by atoms with van der Waals surface area (Å²) >= 11 is 0. The van der Waals surface area contributed by atoms with E-state index in [4.69, 9.17) is 10.5 Å². The summed E-state index contributed by atoms with van der Waals surface area (Å²) in [6.45, 7) is 0.385. The molecule has 0 aliphatic rings. The summed E-state index contributed by atoms with van der Waals surface area (Å²) in [5.41, 5.74) is 6.71. The minimum atomic E-state index is -0.328. The lowest BCUT2D eigenvalue weighted by Crippen LogP contribution is -2.24. The number of hydrogen-bond donors (Lipinski definition) is 2. The number of amides is 1. The number of ether oxygens (including phenoxy) is 1. The maximum Gasteiger partial charge on any atom is 0.223 e. The second-order valence-electron chi connectivity index (χ2n) is 4.50. The summed E-state index contributed by atoms with van der Waals surface area (Å²) in [6.07, 6.45) is 0.183. The first-order valence-electron chi connectivity index (χ1n) is 6.64. The number of carbonyl (C=O) groups excluding carboxylic acids is 1. The Morgan fingerprint density at radius 2 is 1.86 bits per heavy atom. The van der Waals surface area contributed by atoms with Crippen molar-refractivity contribution in [3.63, 3.8) is 0 Å². The van der Waals surface area contributed by atoms with Crippen LogP contribution in [-0.4, -0.2) is 12.5 Å². The number of hydrogen-bond acceptors (Lipinski definition) is 3. The Hall–Kier alpha value is -2.56. The molecule has 21 heavy (non-hydrogen) atoms. The number of para-hydroxylation sites is 2. The predicted octanol–water partition coefficient (Wildman–Crippen LogP) is 2.49. The Morgan fingerprint density at radius 1 is 1.14 bits per heavy atom. The van der Waals surface area contributed by atoms with Gasteiger partial charge in [0.25, 0.3) is 0 Å². The van der Waals surface area contributed by atoms with Crippen molar-refractivity contribution < 1.29 is 13.9 Å². The van der Waals surface area contributed by atoms with E-state index in [1.165, 1.54) is 6.07 Å². The second-order valence-corrected chi connectivity index (χ2v) is 4.50. The largest absolute Gasteiger partial charge is 0.491 e. The molecule has 0 atom stereocenters. The van der Waals surface area contributed by atoms with Gasteiger partial charge >= 0.3 is 0 Å². The predicted molar refractivity (Wildman–Crippen MR) is 79.2 cm³/mol. The van der Waals surface area contributed by atoms with Gasteiger partial charge in [0, 0.05) is 12.1 Å². The van der Waals surface area contributed by atoms with E-state index in [9.17, 15) is 9.18 Å². The van der Waals surface area contributed by atoms with Gasteiger partial charge in [-0.2, -0.15) is 0 Å². The highest BCUT2D eigenvalue weighted by atomic mass is 19.1. The molecule has 0 saturated carbocycles. The lowest BCUT2D eigenvalue weighted by molar-refractivity contribution is -0.121. The molecule has 5 heteroatoms. The van der Waals surface area contributed by atoms with Crippen LogP contribution in [0.3, 0.4) is 0 Å². The summed E-state index contributed by atoms with van der Waals surface area (Å²) in [4.78, 5) is 11.7. The molecule has 0 radical (unpaired) electrons. The number of rotatable bonds is 6. The van der Waals surface area contributed by atoms with Crippen molar-refractivity contribution in [3.8, 4) is 5.75 Å². The standard InChI is InChI=1S/C16H17FN2O2/c17-13-6-2-1-5-12(13)11-19-16(20)9-10-21-15-8-4-3-7-14(15)18/h1-8H,9-11,18H2,(H,19,20). The third-order valence-corrected chi connectivity index (χ3v) is 2.94. The van der Waals surface area contributed by atoms with E-state index in [1.54, 1.807) is 30.3 Å². The highest BCUT2D eigenvalue weighted by Gasteiger charge is 2.05. The van der Waals surface area contributed by atoms with Gasteiger partial charge in [-0.05, 0) is 18.2 Å². The minimum absolute atomic E-state index is 0.166. The zero-order chi connectivity index (χ0) is 15.1. The van der Waals surface area contributed by atoms with Crippen LogP contribution in [0, 0.1) is 5.82 Å². The van der Waals surface area contributed by atoms with E-state index in [1.807, 2.05) is 12.1 Å². The number of carbonyl (C=O) groups is 1. The average Bonchev–Trinajstić information content (AvgIpc) is 2.48. The minimum Gasteiger partial charge on any atom is -0.491 e. The highest BCUT2D eigenvalue weighted by Crippen LogP contribution is 2.19. The molecule has 2 aromatic carbocycles. The monoisotopic (exact) mass is 288 g/mol. The lowest BCUT2D eigenvalue weighted by atomic mass is 10.2. The first-order valence-corrected chi connectivity index (χ1v) is 6.64. The molecule has 0 spiro atoms. The van der Waals surface area contributed by atoms with Crippen molar-refractivity contribution in [2.45, 2.75) is 13.0 Å². The number of anilines is 1. The molecule has 2 aromatic rings. The van der Waals surface area contributed by atoms with E-state index in [-0.39, 0.29) is 31.3 Å². The number of nitrogen functional groups attached to an aromatic ring is 1. The van der Waals surface area contributed by atoms with Gasteiger partial charge in [-0.25, -0.2) is 4.39 Å². The molecule has 2 rings (SSSR count). The van der Waals surface area contributed by atoms with E-state index in [0.717, 1.165) is 0 Å². The molecule has 0 bridgehead atoms. The van der Waals surface area contributed by atoms with Gasteiger partial charge in [-0.1, -0.05) is 30.3 Å². The SMILES string of the molecule is Nc1ccccc1OCCC(=O)NCc1ccccc1F. The lowest BCUT2D eigenvalue weighted by Gasteiger charge is -2.09. The molecule has 3 N–H and O–H groups in total. The van der Waals surface area contributed by atoms with Crippen molar-refractivity contribution in [2.24, 2.45) is 0 Å². The van der Waals surface area contributed by atoms with Gasteiger partial charge in [0.2, 0.25) is 5.91 Å². The van der Waals surface area contributed by atoms with E-state index in [2.05, 4.69) is 5.32 Å².